The third-order valence-electron chi connectivity index (χ3n) is 3.22. The molecule has 0 aromatic heterocycles. The van der Waals surface area contributed by atoms with E-state index >= 15 is 0 Å². The minimum absolute atomic E-state index is 0.145. The molecule has 126 valence electrons. The average Bonchev–Trinajstić information content (AvgIpc) is 2.60. The summed E-state index contributed by atoms with van der Waals surface area (Å²) >= 11 is 0. The monoisotopic (exact) mass is 328 g/mol. The average molecular weight is 328 g/mol. The molecule has 6 heteroatoms. The molecule has 2 N–H and O–H groups in total. The second-order valence-corrected chi connectivity index (χ2v) is 5.13. The summed E-state index contributed by atoms with van der Waals surface area (Å²) in [4.78, 5) is 23.6. The summed E-state index contributed by atoms with van der Waals surface area (Å²) in [5.41, 5.74) is 1.66. The lowest BCUT2D eigenvalue weighted by atomic mass is 10.2. The van der Waals surface area contributed by atoms with E-state index in [2.05, 4.69) is 10.6 Å². The maximum Gasteiger partial charge on any atom is 0.258 e. The van der Waals surface area contributed by atoms with Gasteiger partial charge < -0.3 is 20.1 Å². The van der Waals surface area contributed by atoms with Gasteiger partial charge in [-0.15, -0.1) is 0 Å². The van der Waals surface area contributed by atoms with Crippen LogP contribution in [0.1, 0.15) is 5.56 Å². The lowest BCUT2D eigenvalue weighted by molar-refractivity contribution is -0.125. The molecule has 0 atom stereocenters. The number of hydrogen-bond acceptors (Lipinski definition) is 4. The molecule has 2 aromatic carbocycles. The van der Waals surface area contributed by atoms with Crippen molar-refractivity contribution in [2.24, 2.45) is 0 Å². The Labute approximate surface area is 140 Å². The van der Waals surface area contributed by atoms with Gasteiger partial charge in [0.2, 0.25) is 5.91 Å². The first-order valence-corrected chi connectivity index (χ1v) is 7.47. The van der Waals surface area contributed by atoms with Gasteiger partial charge in [-0.05, 0) is 31.2 Å². The number of anilines is 1. The van der Waals surface area contributed by atoms with Gasteiger partial charge in [0, 0.05) is 0 Å². The van der Waals surface area contributed by atoms with Crippen molar-refractivity contribution in [2.75, 3.05) is 25.6 Å². The molecule has 0 saturated carbocycles. The van der Waals surface area contributed by atoms with Crippen LogP contribution in [-0.2, 0) is 9.59 Å². The molecule has 0 saturated heterocycles. The van der Waals surface area contributed by atoms with E-state index in [0.29, 0.717) is 17.2 Å². The summed E-state index contributed by atoms with van der Waals surface area (Å²) in [7, 11) is 1.52. The van der Waals surface area contributed by atoms with Crippen LogP contribution in [-0.4, -0.2) is 32.1 Å². The van der Waals surface area contributed by atoms with E-state index in [1.807, 2.05) is 19.1 Å². The van der Waals surface area contributed by atoms with Gasteiger partial charge in [0.05, 0.1) is 19.3 Å². The first-order chi connectivity index (χ1) is 11.6. The molecule has 0 spiro atoms. The smallest absolute Gasteiger partial charge is 0.258 e. The Morgan fingerprint density at radius 2 is 1.71 bits per heavy atom. The second-order valence-electron chi connectivity index (χ2n) is 5.13. The lowest BCUT2D eigenvalue weighted by Crippen LogP contribution is -2.35. The standard InChI is InChI=1S/C18H20N2O4/c1-13-7-9-14(10-8-13)24-12-18(22)19-11-17(21)20-15-5-3-4-6-16(15)23-2/h3-10H,11-12H2,1-2H3,(H,19,22)(H,20,21). The highest BCUT2D eigenvalue weighted by Gasteiger charge is 2.09. The van der Waals surface area contributed by atoms with E-state index in [1.54, 1.807) is 36.4 Å². The Morgan fingerprint density at radius 1 is 1.00 bits per heavy atom. The lowest BCUT2D eigenvalue weighted by Gasteiger charge is -2.10. The summed E-state index contributed by atoms with van der Waals surface area (Å²) in [5.74, 6) is 0.447. The Balaban J connectivity index is 1.74. The topological polar surface area (TPSA) is 76.7 Å². The summed E-state index contributed by atoms with van der Waals surface area (Å²) < 4.78 is 10.5. The van der Waals surface area contributed by atoms with Gasteiger partial charge in [-0.3, -0.25) is 9.59 Å². The predicted molar refractivity (Wildman–Crippen MR) is 91.3 cm³/mol. The Kier molecular flexibility index (Phi) is 6.19. The van der Waals surface area contributed by atoms with Gasteiger partial charge in [0.15, 0.2) is 6.61 Å². The molecule has 0 aliphatic carbocycles. The zero-order chi connectivity index (χ0) is 17.4. The number of rotatable bonds is 7. The molecule has 0 unspecified atom stereocenters. The van der Waals surface area contributed by atoms with Crippen molar-refractivity contribution in [3.8, 4) is 11.5 Å². The highest BCUT2D eigenvalue weighted by molar-refractivity contribution is 5.95. The van der Waals surface area contributed by atoms with Crippen molar-refractivity contribution in [3.05, 3.63) is 54.1 Å². The minimum atomic E-state index is -0.370. The number of benzene rings is 2. The number of hydrogen-bond donors (Lipinski definition) is 2. The first kappa shape index (κ1) is 17.3. The fraction of sp³-hybridized carbons (Fsp3) is 0.222. The minimum Gasteiger partial charge on any atom is -0.495 e. The van der Waals surface area contributed by atoms with Gasteiger partial charge in [-0.25, -0.2) is 0 Å². The number of aryl methyl sites for hydroxylation is 1. The van der Waals surface area contributed by atoms with Crippen molar-refractivity contribution in [3.63, 3.8) is 0 Å². The number of amides is 2. The molecule has 2 amide bonds. The van der Waals surface area contributed by atoms with Gasteiger partial charge >= 0.3 is 0 Å². The molecule has 0 aliphatic heterocycles. The quantitative estimate of drug-likeness (QED) is 0.816. The van der Waals surface area contributed by atoms with Crippen molar-refractivity contribution in [1.29, 1.82) is 0 Å². The second kappa shape index (κ2) is 8.57. The van der Waals surface area contributed by atoms with Gasteiger partial charge in [-0.2, -0.15) is 0 Å². The molecular weight excluding hydrogens is 308 g/mol. The van der Waals surface area contributed by atoms with Crippen LogP contribution < -0.4 is 20.1 Å². The van der Waals surface area contributed by atoms with Crippen LogP contribution in [0.5, 0.6) is 11.5 Å². The third kappa shape index (κ3) is 5.31. The van der Waals surface area contributed by atoms with Crippen molar-refractivity contribution in [1.82, 2.24) is 5.32 Å². The molecule has 2 rings (SSSR count). The van der Waals surface area contributed by atoms with Crippen LogP contribution in [0, 0.1) is 6.92 Å². The predicted octanol–water partition coefficient (Wildman–Crippen LogP) is 2.14. The Hall–Kier alpha value is -3.02. The van der Waals surface area contributed by atoms with Crippen LogP contribution in [0.2, 0.25) is 0 Å². The van der Waals surface area contributed by atoms with E-state index in [1.165, 1.54) is 7.11 Å². The maximum absolute atomic E-state index is 11.9. The number of ether oxygens (including phenoxy) is 2. The molecular formula is C18H20N2O4. The van der Waals surface area contributed by atoms with Crippen LogP contribution >= 0.6 is 0 Å². The molecule has 0 heterocycles. The normalized spacial score (nSPS) is 9.92. The maximum atomic E-state index is 11.9. The number of para-hydroxylation sites is 2. The number of nitrogens with one attached hydrogen (secondary N) is 2. The SMILES string of the molecule is COc1ccccc1NC(=O)CNC(=O)COc1ccc(C)cc1. The summed E-state index contributed by atoms with van der Waals surface area (Å²) in [6.07, 6.45) is 0. The van der Waals surface area contributed by atoms with Crippen molar-refractivity contribution >= 4 is 17.5 Å². The van der Waals surface area contributed by atoms with Gasteiger partial charge in [0.1, 0.15) is 11.5 Å². The van der Waals surface area contributed by atoms with Crippen molar-refractivity contribution < 1.29 is 19.1 Å². The summed E-state index contributed by atoms with van der Waals surface area (Å²) in [6.45, 7) is 1.68. The van der Waals surface area contributed by atoms with Gasteiger partial charge in [0.25, 0.3) is 5.91 Å². The van der Waals surface area contributed by atoms with Crippen LogP contribution in [0.25, 0.3) is 0 Å². The molecule has 0 bridgehead atoms. The molecule has 2 aromatic rings. The van der Waals surface area contributed by atoms with Crippen LogP contribution in [0.15, 0.2) is 48.5 Å². The molecule has 24 heavy (non-hydrogen) atoms. The van der Waals surface area contributed by atoms with E-state index in [9.17, 15) is 9.59 Å². The third-order valence-corrected chi connectivity index (χ3v) is 3.22. The van der Waals surface area contributed by atoms with E-state index in [0.717, 1.165) is 5.56 Å². The fourth-order valence-electron chi connectivity index (χ4n) is 1.96. The highest BCUT2D eigenvalue weighted by Crippen LogP contribution is 2.22. The number of carbonyl (C=O) groups excluding carboxylic acids is 2. The number of methoxy groups -OCH3 is 1. The molecule has 0 fully saturated rings. The Morgan fingerprint density at radius 3 is 2.42 bits per heavy atom. The summed E-state index contributed by atoms with van der Waals surface area (Å²) in [5, 5.41) is 5.18. The number of carbonyl (C=O) groups is 2. The van der Waals surface area contributed by atoms with E-state index in [4.69, 9.17) is 9.47 Å². The molecule has 0 radical (unpaired) electrons. The fourth-order valence-corrected chi connectivity index (χ4v) is 1.96. The van der Waals surface area contributed by atoms with Crippen LogP contribution in [0.3, 0.4) is 0 Å². The summed E-state index contributed by atoms with van der Waals surface area (Å²) in [6, 6.07) is 14.4. The first-order valence-electron chi connectivity index (χ1n) is 7.47. The van der Waals surface area contributed by atoms with Crippen LogP contribution in [0.4, 0.5) is 5.69 Å². The van der Waals surface area contributed by atoms with E-state index < -0.39 is 0 Å². The van der Waals surface area contributed by atoms with E-state index in [-0.39, 0.29) is 25.0 Å². The largest absolute Gasteiger partial charge is 0.495 e. The highest BCUT2D eigenvalue weighted by atomic mass is 16.5. The zero-order valence-corrected chi connectivity index (χ0v) is 13.7. The molecule has 0 aliphatic rings. The van der Waals surface area contributed by atoms with Crippen molar-refractivity contribution in [2.45, 2.75) is 6.92 Å². The Bertz CT molecular complexity index is 698. The zero-order valence-electron chi connectivity index (χ0n) is 13.7. The molecule has 6 nitrogen and oxygen atoms in total. The van der Waals surface area contributed by atoms with Gasteiger partial charge in [-0.1, -0.05) is 29.8 Å².